The Morgan fingerprint density at radius 1 is 1.29 bits per heavy atom. The third-order valence-corrected chi connectivity index (χ3v) is 7.17. The summed E-state index contributed by atoms with van der Waals surface area (Å²) in [5, 5.41) is 8.24. The average Bonchev–Trinajstić information content (AvgIpc) is 3.03. The summed E-state index contributed by atoms with van der Waals surface area (Å²) in [6.07, 6.45) is 4.61. The molecule has 1 saturated heterocycles. The van der Waals surface area contributed by atoms with Crippen LogP contribution in [0.2, 0.25) is 4.34 Å². The summed E-state index contributed by atoms with van der Waals surface area (Å²) in [5.74, 6) is 0.997. The van der Waals surface area contributed by atoms with Crippen LogP contribution < -0.4 is 9.62 Å². The molecule has 1 unspecified atom stereocenters. The first kappa shape index (κ1) is 17.4. The summed E-state index contributed by atoms with van der Waals surface area (Å²) >= 11 is 6.80. The second-order valence-electron chi connectivity index (χ2n) is 5.69. The van der Waals surface area contributed by atoms with Crippen LogP contribution in [0.1, 0.15) is 32.6 Å². The number of nitrogens with one attached hydrogen (secondary N) is 1. The van der Waals surface area contributed by atoms with Gasteiger partial charge in [-0.1, -0.05) is 18.5 Å². The first-order valence-electron chi connectivity index (χ1n) is 7.88. The molecule has 0 saturated carbocycles. The molecule has 0 aromatic carbocycles. The van der Waals surface area contributed by atoms with Gasteiger partial charge in [0.25, 0.3) is 10.0 Å². The maximum absolute atomic E-state index is 12.3. The average molecular weight is 387 g/mol. The standard InChI is InChI=1S/C15H19ClN4O2S2/c1-2-11-5-3-4-10-20(11)14-8-7-13(17-18-14)19-24(21,22)15-9-6-12(16)23-15/h6-9,11H,2-5,10H2,1H3,(H,17,19). The van der Waals surface area contributed by atoms with Crippen molar-refractivity contribution >= 4 is 44.6 Å². The number of halogens is 1. The number of hydrogen-bond acceptors (Lipinski definition) is 6. The highest BCUT2D eigenvalue weighted by atomic mass is 35.5. The van der Waals surface area contributed by atoms with Crippen molar-refractivity contribution in [3.63, 3.8) is 0 Å². The predicted molar refractivity (Wildman–Crippen MR) is 97.4 cm³/mol. The Labute approximate surface area is 150 Å². The summed E-state index contributed by atoms with van der Waals surface area (Å²) < 4.78 is 27.5. The van der Waals surface area contributed by atoms with Crippen LogP contribution in [0.15, 0.2) is 28.5 Å². The van der Waals surface area contributed by atoms with Gasteiger partial charge in [0.15, 0.2) is 11.6 Å². The fourth-order valence-corrected chi connectivity index (χ4v) is 5.37. The van der Waals surface area contributed by atoms with Gasteiger partial charge in [-0.25, -0.2) is 8.42 Å². The Balaban J connectivity index is 1.75. The van der Waals surface area contributed by atoms with Crippen molar-refractivity contribution < 1.29 is 8.42 Å². The molecule has 0 aliphatic carbocycles. The predicted octanol–water partition coefficient (Wildman–Crippen LogP) is 3.76. The minimum absolute atomic E-state index is 0.153. The second-order valence-corrected chi connectivity index (χ2v) is 9.32. The monoisotopic (exact) mass is 386 g/mol. The Kier molecular flexibility index (Phi) is 5.27. The van der Waals surface area contributed by atoms with Gasteiger partial charge in [-0.3, -0.25) is 4.72 Å². The maximum atomic E-state index is 12.3. The lowest BCUT2D eigenvalue weighted by atomic mass is 10.0. The lowest BCUT2D eigenvalue weighted by molar-refractivity contribution is 0.445. The zero-order valence-corrected chi connectivity index (χ0v) is 15.7. The summed E-state index contributed by atoms with van der Waals surface area (Å²) in [6, 6.07) is 6.97. The minimum Gasteiger partial charge on any atom is -0.352 e. The molecule has 130 valence electrons. The van der Waals surface area contributed by atoms with Crippen molar-refractivity contribution in [1.82, 2.24) is 10.2 Å². The molecule has 2 aromatic heterocycles. The van der Waals surface area contributed by atoms with Gasteiger partial charge in [0.1, 0.15) is 4.21 Å². The zero-order chi connectivity index (χ0) is 17.2. The van der Waals surface area contributed by atoms with Crippen molar-refractivity contribution in [2.24, 2.45) is 0 Å². The van der Waals surface area contributed by atoms with E-state index in [0.29, 0.717) is 10.4 Å². The molecule has 3 heterocycles. The van der Waals surface area contributed by atoms with Crippen molar-refractivity contribution in [2.75, 3.05) is 16.2 Å². The summed E-state index contributed by atoms with van der Waals surface area (Å²) in [6.45, 7) is 3.14. The number of nitrogens with zero attached hydrogens (tertiary/aromatic N) is 3. The first-order chi connectivity index (χ1) is 11.5. The van der Waals surface area contributed by atoms with Gasteiger partial charge in [-0.2, -0.15) is 0 Å². The van der Waals surface area contributed by atoms with E-state index in [9.17, 15) is 8.42 Å². The fourth-order valence-electron chi connectivity index (χ4n) is 2.89. The molecule has 24 heavy (non-hydrogen) atoms. The molecule has 6 nitrogen and oxygen atoms in total. The van der Waals surface area contributed by atoms with Crippen molar-refractivity contribution in [3.8, 4) is 0 Å². The molecule has 1 fully saturated rings. The van der Waals surface area contributed by atoms with Crippen LogP contribution >= 0.6 is 22.9 Å². The molecule has 1 N–H and O–H groups in total. The van der Waals surface area contributed by atoms with Gasteiger partial charge >= 0.3 is 0 Å². The SMILES string of the molecule is CCC1CCCCN1c1ccc(NS(=O)(=O)c2ccc(Cl)s2)nn1. The Morgan fingerprint density at radius 3 is 2.75 bits per heavy atom. The smallest absolute Gasteiger partial charge is 0.272 e. The van der Waals surface area contributed by atoms with E-state index in [-0.39, 0.29) is 10.0 Å². The maximum Gasteiger partial charge on any atom is 0.272 e. The lowest BCUT2D eigenvalue weighted by Crippen LogP contribution is -2.39. The van der Waals surface area contributed by atoms with Crippen LogP contribution in [-0.2, 0) is 10.0 Å². The molecule has 9 heteroatoms. The van der Waals surface area contributed by atoms with Crippen LogP contribution in [-0.4, -0.2) is 31.2 Å². The Morgan fingerprint density at radius 2 is 2.12 bits per heavy atom. The van der Waals surface area contributed by atoms with Gasteiger partial charge in [-0.05, 0) is 49.9 Å². The molecule has 0 radical (unpaired) electrons. The first-order valence-corrected chi connectivity index (χ1v) is 10.6. The highest BCUT2D eigenvalue weighted by molar-refractivity contribution is 7.94. The summed E-state index contributed by atoms with van der Waals surface area (Å²) in [5.41, 5.74) is 0. The Hall–Kier alpha value is -1.38. The van der Waals surface area contributed by atoms with Crippen LogP contribution in [0.5, 0.6) is 0 Å². The van der Waals surface area contributed by atoms with E-state index >= 15 is 0 Å². The molecule has 0 bridgehead atoms. The molecule has 1 atom stereocenters. The van der Waals surface area contributed by atoms with E-state index < -0.39 is 10.0 Å². The lowest BCUT2D eigenvalue weighted by Gasteiger charge is -2.35. The summed E-state index contributed by atoms with van der Waals surface area (Å²) in [4.78, 5) is 2.26. The van der Waals surface area contributed by atoms with Crippen molar-refractivity contribution in [1.29, 1.82) is 0 Å². The van der Waals surface area contributed by atoms with Crippen molar-refractivity contribution in [3.05, 3.63) is 28.6 Å². The molecule has 1 aliphatic heterocycles. The van der Waals surface area contributed by atoms with Gasteiger partial charge in [0.05, 0.1) is 4.34 Å². The second kappa shape index (κ2) is 7.25. The Bertz CT molecular complexity index is 792. The number of anilines is 2. The van der Waals surface area contributed by atoms with Gasteiger partial charge < -0.3 is 4.90 Å². The highest BCUT2D eigenvalue weighted by Gasteiger charge is 2.23. The quantitative estimate of drug-likeness (QED) is 0.846. The van der Waals surface area contributed by atoms with E-state index in [2.05, 4.69) is 26.7 Å². The van der Waals surface area contributed by atoms with E-state index in [1.54, 1.807) is 12.1 Å². The van der Waals surface area contributed by atoms with Gasteiger partial charge in [0.2, 0.25) is 0 Å². The summed E-state index contributed by atoms with van der Waals surface area (Å²) in [7, 11) is -3.68. The normalized spacial score (nSPS) is 18.6. The van der Waals surface area contributed by atoms with Crippen LogP contribution in [0, 0.1) is 0 Å². The topological polar surface area (TPSA) is 75.2 Å². The number of aromatic nitrogens is 2. The highest BCUT2D eigenvalue weighted by Crippen LogP contribution is 2.28. The minimum atomic E-state index is -3.68. The number of thiophene rings is 1. The van der Waals surface area contributed by atoms with E-state index in [1.807, 2.05) is 6.07 Å². The van der Waals surface area contributed by atoms with E-state index in [1.165, 1.54) is 12.5 Å². The fraction of sp³-hybridized carbons (Fsp3) is 0.467. The number of hydrogen-bond donors (Lipinski definition) is 1. The molecule has 1 aliphatic rings. The van der Waals surface area contributed by atoms with Crippen molar-refractivity contribution in [2.45, 2.75) is 42.9 Å². The largest absolute Gasteiger partial charge is 0.352 e. The molecular weight excluding hydrogens is 368 g/mol. The zero-order valence-electron chi connectivity index (χ0n) is 13.3. The molecule has 2 aromatic rings. The van der Waals surface area contributed by atoms with E-state index in [4.69, 9.17) is 11.6 Å². The van der Waals surface area contributed by atoms with Gasteiger partial charge in [-0.15, -0.1) is 21.5 Å². The van der Waals surface area contributed by atoms with Crippen LogP contribution in [0.25, 0.3) is 0 Å². The molecule has 0 spiro atoms. The van der Waals surface area contributed by atoms with Crippen LogP contribution in [0.4, 0.5) is 11.6 Å². The molecular formula is C15H19ClN4O2S2. The molecule has 0 amide bonds. The third kappa shape index (κ3) is 3.81. The number of piperidine rings is 1. The van der Waals surface area contributed by atoms with Crippen LogP contribution in [0.3, 0.4) is 0 Å². The number of sulfonamides is 1. The van der Waals surface area contributed by atoms with E-state index in [0.717, 1.165) is 43.0 Å². The third-order valence-electron chi connectivity index (χ3n) is 4.10. The molecule has 3 rings (SSSR count). The van der Waals surface area contributed by atoms with Gasteiger partial charge in [0, 0.05) is 12.6 Å². The number of rotatable bonds is 5.